The molecule has 2 heterocycles. The van der Waals surface area contributed by atoms with Crippen LogP contribution in [-0.4, -0.2) is 4.98 Å². The van der Waals surface area contributed by atoms with E-state index in [-0.39, 0.29) is 0 Å². The Hall–Kier alpha value is -1.29. The van der Waals surface area contributed by atoms with Gasteiger partial charge in [-0.1, -0.05) is 29.4 Å². The van der Waals surface area contributed by atoms with Crippen LogP contribution in [0, 0.1) is 0 Å². The molecule has 1 aromatic carbocycles. The summed E-state index contributed by atoms with van der Waals surface area (Å²) in [5.74, 6) is 0. The summed E-state index contributed by atoms with van der Waals surface area (Å²) < 4.78 is 1.25. The van der Waals surface area contributed by atoms with Crippen LogP contribution < -0.4 is 0 Å². The Balaban J connectivity index is 1.80. The molecule has 0 atom stereocenters. The first kappa shape index (κ1) is 12.7. The van der Waals surface area contributed by atoms with Gasteiger partial charge >= 0.3 is 0 Å². The third kappa shape index (κ3) is 3.18. The number of hydrogen-bond donors (Lipinski definition) is 0. The topological polar surface area (TPSA) is 12.9 Å². The van der Waals surface area contributed by atoms with Crippen molar-refractivity contribution in [1.82, 2.24) is 4.98 Å². The predicted molar refractivity (Wildman–Crippen MR) is 83.1 cm³/mol. The third-order valence-corrected chi connectivity index (χ3v) is 5.03. The predicted octanol–water partition coefficient (Wildman–Crippen LogP) is 5.61. The summed E-state index contributed by atoms with van der Waals surface area (Å²) in [6.07, 6.45) is 1.82. The van der Waals surface area contributed by atoms with Gasteiger partial charge < -0.3 is 0 Å². The number of halogens is 1. The third-order valence-electron chi connectivity index (χ3n) is 2.53. The zero-order valence-corrected chi connectivity index (χ0v) is 12.3. The SMILES string of the molecule is Clc1ccc(Sc2ccc(-c3ccccn3)s2)cc1. The lowest BCUT2D eigenvalue weighted by Gasteiger charge is -1.98. The fourth-order valence-corrected chi connectivity index (χ4v) is 3.85. The van der Waals surface area contributed by atoms with Gasteiger partial charge in [0, 0.05) is 16.1 Å². The van der Waals surface area contributed by atoms with Gasteiger partial charge in [0.1, 0.15) is 0 Å². The van der Waals surface area contributed by atoms with Gasteiger partial charge in [-0.25, -0.2) is 0 Å². The van der Waals surface area contributed by atoms with E-state index in [0.717, 1.165) is 10.7 Å². The van der Waals surface area contributed by atoms with E-state index in [1.165, 1.54) is 14.0 Å². The van der Waals surface area contributed by atoms with E-state index >= 15 is 0 Å². The molecule has 0 radical (unpaired) electrons. The number of nitrogens with zero attached hydrogens (tertiary/aromatic N) is 1. The average Bonchev–Trinajstić information content (AvgIpc) is 2.91. The Kier molecular flexibility index (Phi) is 3.87. The second kappa shape index (κ2) is 5.78. The van der Waals surface area contributed by atoms with Crippen molar-refractivity contribution < 1.29 is 0 Å². The molecule has 1 nitrogen and oxygen atoms in total. The molecule has 3 aromatic rings. The average molecular weight is 304 g/mol. The van der Waals surface area contributed by atoms with Gasteiger partial charge in [-0.15, -0.1) is 11.3 Å². The second-order valence-corrected chi connectivity index (χ2v) is 6.78. The molecule has 0 amide bonds. The van der Waals surface area contributed by atoms with Crippen molar-refractivity contribution in [2.75, 3.05) is 0 Å². The summed E-state index contributed by atoms with van der Waals surface area (Å²) in [6.45, 7) is 0. The number of hydrogen-bond acceptors (Lipinski definition) is 3. The smallest absolute Gasteiger partial charge is 0.0802 e. The van der Waals surface area contributed by atoms with Crippen LogP contribution in [0.2, 0.25) is 5.02 Å². The van der Waals surface area contributed by atoms with Gasteiger partial charge in [0.15, 0.2) is 0 Å². The van der Waals surface area contributed by atoms with E-state index in [2.05, 4.69) is 17.1 Å². The van der Waals surface area contributed by atoms with Gasteiger partial charge in [-0.3, -0.25) is 4.98 Å². The fourth-order valence-electron chi connectivity index (χ4n) is 1.64. The Morgan fingerprint density at radius 3 is 2.53 bits per heavy atom. The molecule has 0 spiro atoms. The van der Waals surface area contributed by atoms with Crippen molar-refractivity contribution in [2.24, 2.45) is 0 Å². The Bertz CT molecular complexity index is 662. The molecular weight excluding hydrogens is 294 g/mol. The van der Waals surface area contributed by atoms with Gasteiger partial charge in [-0.2, -0.15) is 0 Å². The van der Waals surface area contributed by atoms with Crippen LogP contribution in [0.5, 0.6) is 0 Å². The van der Waals surface area contributed by atoms with Gasteiger partial charge in [0.25, 0.3) is 0 Å². The van der Waals surface area contributed by atoms with Crippen molar-refractivity contribution in [3.63, 3.8) is 0 Å². The van der Waals surface area contributed by atoms with Crippen LogP contribution in [0.15, 0.2) is 69.9 Å². The largest absolute Gasteiger partial charge is 0.255 e. The maximum atomic E-state index is 5.88. The molecule has 3 rings (SSSR count). The molecule has 0 saturated carbocycles. The van der Waals surface area contributed by atoms with Gasteiger partial charge in [0.05, 0.1) is 14.8 Å². The highest BCUT2D eigenvalue weighted by molar-refractivity contribution is 8.01. The van der Waals surface area contributed by atoms with E-state index in [1.807, 2.05) is 48.7 Å². The van der Waals surface area contributed by atoms with E-state index in [0.29, 0.717) is 0 Å². The van der Waals surface area contributed by atoms with Crippen molar-refractivity contribution in [2.45, 2.75) is 9.10 Å². The zero-order chi connectivity index (χ0) is 13.1. The minimum absolute atomic E-state index is 0.768. The van der Waals surface area contributed by atoms with Crippen LogP contribution in [-0.2, 0) is 0 Å². The summed E-state index contributed by atoms with van der Waals surface area (Å²) in [6, 6.07) is 18.1. The number of benzene rings is 1. The molecular formula is C15H10ClNS2. The van der Waals surface area contributed by atoms with E-state index in [9.17, 15) is 0 Å². The molecule has 19 heavy (non-hydrogen) atoms. The molecule has 0 saturated heterocycles. The highest BCUT2D eigenvalue weighted by Gasteiger charge is 2.05. The summed E-state index contributed by atoms with van der Waals surface area (Å²) in [7, 11) is 0. The highest BCUT2D eigenvalue weighted by Crippen LogP contribution is 2.37. The number of thiophene rings is 1. The Labute approximate surface area is 125 Å². The lowest BCUT2D eigenvalue weighted by molar-refractivity contribution is 1.34. The molecule has 2 aromatic heterocycles. The van der Waals surface area contributed by atoms with Crippen molar-refractivity contribution in [1.29, 1.82) is 0 Å². The Morgan fingerprint density at radius 1 is 0.947 bits per heavy atom. The first-order chi connectivity index (χ1) is 9.31. The van der Waals surface area contributed by atoms with Crippen LogP contribution in [0.4, 0.5) is 0 Å². The molecule has 0 aliphatic heterocycles. The number of aromatic nitrogens is 1. The first-order valence-corrected chi connectivity index (χ1v) is 7.77. The van der Waals surface area contributed by atoms with E-state index in [1.54, 1.807) is 23.1 Å². The molecule has 0 bridgehead atoms. The summed E-state index contributed by atoms with van der Waals surface area (Å²) in [4.78, 5) is 6.75. The van der Waals surface area contributed by atoms with Crippen LogP contribution in [0.25, 0.3) is 10.6 Å². The fraction of sp³-hybridized carbons (Fsp3) is 0. The molecule has 0 aliphatic carbocycles. The van der Waals surface area contributed by atoms with Crippen LogP contribution in [0.3, 0.4) is 0 Å². The van der Waals surface area contributed by atoms with Crippen molar-refractivity contribution in [3.05, 3.63) is 65.8 Å². The maximum Gasteiger partial charge on any atom is 0.0802 e. The minimum Gasteiger partial charge on any atom is -0.255 e. The zero-order valence-electron chi connectivity index (χ0n) is 9.92. The van der Waals surface area contributed by atoms with E-state index in [4.69, 9.17) is 11.6 Å². The molecule has 0 aliphatic rings. The van der Waals surface area contributed by atoms with Crippen LogP contribution >= 0.6 is 34.7 Å². The molecule has 4 heteroatoms. The molecule has 94 valence electrons. The maximum absolute atomic E-state index is 5.88. The van der Waals surface area contributed by atoms with Crippen molar-refractivity contribution >= 4 is 34.7 Å². The molecule has 0 fully saturated rings. The standard InChI is InChI=1S/C15H10ClNS2/c16-11-4-6-12(7-5-11)18-15-9-8-14(19-15)13-3-1-2-10-17-13/h1-10H. The summed E-state index contributed by atoms with van der Waals surface area (Å²) in [5.41, 5.74) is 1.02. The van der Waals surface area contributed by atoms with Gasteiger partial charge in [0.2, 0.25) is 0 Å². The van der Waals surface area contributed by atoms with Crippen LogP contribution in [0.1, 0.15) is 0 Å². The first-order valence-electron chi connectivity index (χ1n) is 5.76. The lowest BCUT2D eigenvalue weighted by Crippen LogP contribution is -1.75. The summed E-state index contributed by atoms with van der Waals surface area (Å²) in [5, 5.41) is 0.768. The van der Waals surface area contributed by atoms with Gasteiger partial charge in [-0.05, 0) is 48.5 Å². The molecule has 0 unspecified atom stereocenters. The lowest BCUT2D eigenvalue weighted by atomic mass is 10.3. The quantitative estimate of drug-likeness (QED) is 0.623. The van der Waals surface area contributed by atoms with Crippen molar-refractivity contribution in [3.8, 4) is 10.6 Å². The highest BCUT2D eigenvalue weighted by atomic mass is 35.5. The number of pyridine rings is 1. The number of rotatable bonds is 3. The Morgan fingerprint density at radius 2 is 1.79 bits per heavy atom. The molecule has 0 N–H and O–H groups in total. The monoisotopic (exact) mass is 303 g/mol. The minimum atomic E-state index is 0.768. The summed E-state index contributed by atoms with van der Waals surface area (Å²) >= 11 is 9.38. The second-order valence-electron chi connectivity index (χ2n) is 3.89. The van der Waals surface area contributed by atoms with E-state index < -0.39 is 0 Å². The normalized spacial score (nSPS) is 10.6.